The van der Waals surface area contributed by atoms with E-state index in [4.69, 9.17) is 17.3 Å². The molecular weight excluding hydrogens is 364 g/mol. The van der Waals surface area contributed by atoms with Gasteiger partial charge in [-0.1, -0.05) is 23.7 Å². The smallest absolute Gasteiger partial charge is 0.251 e. The van der Waals surface area contributed by atoms with Gasteiger partial charge in [-0.15, -0.1) is 23.1 Å². The van der Waals surface area contributed by atoms with Crippen LogP contribution in [0.25, 0.3) is 0 Å². The molecule has 2 amide bonds. The van der Waals surface area contributed by atoms with Crippen LogP contribution in [0.3, 0.4) is 0 Å². The molecule has 0 bridgehead atoms. The normalized spacial score (nSPS) is 12.9. The Hall–Kier alpha value is -1.50. The van der Waals surface area contributed by atoms with Crippen LogP contribution in [0, 0.1) is 0 Å². The number of fused-ring (bicyclic) bond motifs is 1. The molecule has 1 aromatic carbocycles. The highest BCUT2D eigenvalue weighted by Crippen LogP contribution is 2.38. The third-order valence-electron chi connectivity index (χ3n) is 3.81. The SMILES string of the molecule is NC(=O)c1c(NC(=O)CSCc2cccc(Cl)c2)sc2c1CCC2. The maximum Gasteiger partial charge on any atom is 0.251 e. The van der Waals surface area contributed by atoms with Crippen molar-refractivity contribution in [3.63, 3.8) is 0 Å². The monoisotopic (exact) mass is 380 g/mol. The van der Waals surface area contributed by atoms with E-state index in [-0.39, 0.29) is 5.91 Å². The number of nitrogens with one attached hydrogen (secondary N) is 1. The number of rotatable bonds is 6. The molecule has 1 aliphatic rings. The summed E-state index contributed by atoms with van der Waals surface area (Å²) >= 11 is 8.93. The van der Waals surface area contributed by atoms with Gasteiger partial charge in [0, 0.05) is 15.7 Å². The molecule has 0 fully saturated rings. The van der Waals surface area contributed by atoms with E-state index in [9.17, 15) is 9.59 Å². The lowest BCUT2D eigenvalue weighted by atomic mass is 10.1. The topological polar surface area (TPSA) is 72.2 Å². The van der Waals surface area contributed by atoms with E-state index in [1.165, 1.54) is 28.0 Å². The summed E-state index contributed by atoms with van der Waals surface area (Å²) in [7, 11) is 0. The van der Waals surface area contributed by atoms with Gasteiger partial charge >= 0.3 is 0 Å². The minimum atomic E-state index is -0.462. The lowest BCUT2D eigenvalue weighted by Crippen LogP contribution is -2.19. The number of nitrogens with two attached hydrogens (primary N) is 1. The highest BCUT2D eigenvalue weighted by atomic mass is 35.5. The molecule has 0 aliphatic heterocycles. The minimum absolute atomic E-state index is 0.121. The molecule has 2 aromatic rings. The van der Waals surface area contributed by atoms with Gasteiger partial charge in [0.2, 0.25) is 5.91 Å². The number of anilines is 1. The molecule has 0 atom stereocenters. The molecule has 126 valence electrons. The van der Waals surface area contributed by atoms with Crippen LogP contribution in [0.5, 0.6) is 0 Å². The second-order valence-corrected chi connectivity index (χ2v) is 8.12. The Morgan fingerprint density at radius 3 is 2.92 bits per heavy atom. The van der Waals surface area contributed by atoms with Gasteiger partial charge in [0.25, 0.3) is 5.91 Å². The highest BCUT2D eigenvalue weighted by molar-refractivity contribution is 7.99. The fourth-order valence-corrected chi connectivity index (χ4v) is 5.10. The van der Waals surface area contributed by atoms with Crippen molar-refractivity contribution in [1.29, 1.82) is 0 Å². The number of aryl methyl sites for hydroxylation is 1. The van der Waals surface area contributed by atoms with Crippen molar-refractivity contribution >= 4 is 51.5 Å². The molecule has 4 nitrogen and oxygen atoms in total. The zero-order valence-electron chi connectivity index (χ0n) is 12.9. The zero-order chi connectivity index (χ0) is 17.1. The Bertz CT molecular complexity index is 789. The zero-order valence-corrected chi connectivity index (χ0v) is 15.3. The average molecular weight is 381 g/mol. The van der Waals surface area contributed by atoms with Crippen LogP contribution in [-0.4, -0.2) is 17.6 Å². The number of benzene rings is 1. The molecule has 3 N–H and O–H groups in total. The number of amides is 2. The second-order valence-electron chi connectivity index (χ2n) is 5.60. The van der Waals surface area contributed by atoms with E-state index in [1.807, 2.05) is 24.3 Å². The maximum absolute atomic E-state index is 12.2. The molecule has 0 spiro atoms. The van der Waals surface area contributed by atoms with E-state index in [2.05, 4.69) is 5.32 Å². The van der Waals surface area contributed by atoms with Gasteiger partial charge in [0.15, 0.2) is 0 Å². The van der Waals surface area contributed by atoms with Crippen LogP contribution in [0.4, 0.5) is 5.00 Å². The van der Waals surface area contributed by atoms with E-state index in [0.717, 1.165) is 30.4 Å². The first-order valence-electron chi connectivity index (χ1n) is 7.61. The van der Waals surface area contributed by atoms with Gasteiger partial charge in [-0.25, -0.2) is 0 Å². The number of thiophene rings is 1. The quantitative estimate of drug-likeness (QED) is 0.799. The van der Waals surface area contributed by atoms with E-state index < -0.39 is 5.91 Å². The summed E-state index contributed by atoms with van der Waals surface area (Å²) in [6.45, 7) is 0. The fraction of sp³-hybridized carbons (Fsp3) is 0.294. The maximum atomic E-state index is 12.2. The Balaban J connectivity index is 1.58. The Morgan fingerprint density at radius 1 is 1.33 bits per heavy atom. The number of hydrogen-bond acceptors (Lipinski definition) is 4. The molecule has 0 radical (unpaired) electrons. The summed E-state index contributed by atoms with van der Waals surface area (Å²) in [5, 5.41) is 4.14. The van der Waals surface area contributed by atoms with Crippen molar-refractivity contribution < 1.29 is 9.59 Å². The number of carbonyl (C=O) groups excluding carboxylic acids is 2. The van der Waals surface area contributed by atoms with Crippen molar-refractivity contribution in [3.8, 4) is 0 Å². The van der Waals surface area contributed by atoms with Gasteiger partial charge in [-0.3, -0.25) is 9.59 Å². The van der Waals surface area contributed by atoms with Gasteiger partial charge in [0.05, 0.1) is 11.3 Å². The molecule has 0 saturated heterocycles. The summed E-state index contributed by atoms with van der Waals surface area (Å²) in [5.74, 6) is 0.436. The lowest BCUT2D eigenvalue weighted by molar-refractivity contribution is -0.113. The summed E-state index contributed by atoms with van der Waals surface area (Å²) in [5.41, 5.74) is 8.10. The minimum Gasteiger partial charge on any atom is -0.365 e. The first kappa shape index (κ1) is 17.3. The van der Waals surface area contributed by atoms with Crippen LogP contribution in [-0.2, 0) is 23.4 Å². The van der Waals surface area contributed by atoms with Crippen molar-refractivity contribution in [1.82, 2.24) is 0 Å². The summed E-state index contributed by atoms with van der Waals surface area (Å²) < 4.78 is 0. The van der Waals surface area contributed by atoms with Crippen molar-refractivity contribution in [2.75, 3.05) is 11.1 Å². The Labute approximate surface area is 153 Å². The van der Waals surface area contributed by atoms with Crippen LogP contribution in [0.1, 0.15) is 32.8 Å². The summed E-state index contributed by atoms with van der Waals surface area (Å²) in [6.07, 6.45) is 2.87. The van der Waals surface area contributed by atoms with Gasteiger partial charge in [-0.2, -0.15) is 0 Å². The van der Waals surface area contributed by atoms with Crippen molar-refractivity contribution in [2.45, 2.75) is 25.0 Å². The lowest BCUT2D eigenvalue weighted by Gasteiger charge is -2.06. The number of thioether (sulfide) groups is 1. The second kappa shape index (κ2) is 7.59. The highest BCUT2D eigenvalue weighted by Gasteiger charge is 2.25. The summed E-state index contributed by atoms with van der Waals surface area (Å²) in [6, 6.07) is 7.58. The standard InChI is InChI=1S/C17H17ClN2O2S2/c18-11-4-1-3-10(7-11)8-23-9-14(21)20-17-15(16(19)22)12-5-2-6-13(12)24-17/h1,3-4,7H,2,5-6,8-9H2,(H2,19,22)(H,20,21). The summed E-state index contributed by atoms with van der Waals surface area (Å²) in [4.78, 5) is 25.1. The molecule has 0 unspecified atom stereocenters. The van der Waals surface area contributed by atoms with Gasteiger partial charge < -0.3 is 11.1 Å². The molecule has 3 rings (SSSR count). The van der Waals surface area contributed by atoms with Gasteiger partial charge in [0.1, 0.15) is 5.00 Å². The van der Waals surface area contributed by atoms with Crippen LogP contribution in [0.2, 0.25) is 5.02 Å². The first-order chi connectivity index (χ1) is 11.5. The van der Waals surface area contributed by atoms with Crippen molar-refractivity contribution in [3.05, 3.63) is 50.9 Å². The number of halogens is 1. The van der Waals surface area contributed by atoms with Crippen molar-refractivity contribution in [2.24, 2.45) is 5.73 Å². The van der Waals surface area contributed by atoms with E-state index in [1.54, 1.807) is 0 Å². The van der Waals surface area contributed by atoms with Crippen LogP contribution >= 0.6 is 34.7 Å². The van der Waals surface area contributed by atoms with Crippen LogP contribution < -0.4 is 11.1 Å². The third kappa shape index (κ3) is 3.94. The largest absolute Gasteiger partial charge is 0.365 e. The third-order valence-corrected chi connectivity index (χ3v) is 6.26. The molecule has 1 aromatic heterocycles. The number of primary amides is 1. The molecule has 24 heavy (non-hydrogen) atoms. The Morgan fingerprint density at radius 2 is 2.17 bits per heavy atom. The molecule has 1 heterocycles. The predicted octanol–water partition coefficient (Wildman–Crippen LogP) is 3.86. The van der Waals surface area contributed by atoms with Crippen LogP contribution in [0.15, 0.2) is 24.3 Å². The number of hydrogen-bond donors (Lipinski definition) is 2. The van der Waals surface area contributed by atoms with E-state index >= 15 is 0 Å². The molecular formula is C17H17ClN2O2S2. The van der Waals surface area contributed by atoms with E-state index in [0.29, 0.717) is 27.1 Å². The molecule has 1 aliphatic carbocycles. The van der Waals surface area contributed by atoms with Gasteiger partial charge in [-0.05, 0) is 42.5 Å². The molecule has 0 saturated carbocycles. The molecule has 7 heteroatoms. The fourth-order valence-electron chi connectivity index (χ4n) is 2.80. The average Bonchev–Trinajstić information content (AvgIpc) is 3.07. The first-order valence-corrected chi connectivity index (χ1v) is 9.96. The Kier molecular flexibility index (Phi) is 5.48. The predicted molar refractivity (Wildman–Crippen MR) is 101 cm³/mol. The number of carbonyl (C=O) groups is 2.